The first-order valence-electron chi connectivity index (χ1n) is 7.14. The van der Waals surface area contributed by atoms with Crippen LogP contribution in [0.3, 0.4) is 0 Å². The van der Waals surface area contributed by atoms with Gasteiger partial charge in [-0.25, -0.2) is 4.39 Å². The van der Waals surface area contributed by atoms with Crippen LogP contribution in [0.2, 0.25) is 5.02 Å². The third kappa shape index (κ3) is 3.03. The van der Waals surface area contributed by atoms with Crippen LogP contribution in [-0.4, -0.2) is 23.9 Å². The molecule has 0 aromatic heterocycles. The highest BCUT2D eigenvalue weighted by molar-refractivity contribution is 6.30. The second-order valence-corrected chi connectivity index (χ2v) is 6.64. The molecule has 116 valence electrons. The van der Waals surface area contributed by atoms with Gasteiger partial charge in [-0.1, -0.05) is 17.7 Å². The molecular weight excluding hydrogens is 303 g/mol. The highest BCUT2D eigenvalue weighted by atomic mass is 35.5. The molecule has 0 atom stereocenters. The van der Waals surface area contributed by atoms with Crippen LogP contribution in [0.25, 0.3) is 11.1 Å². The molecule has 0 radical (unpaired) electrons. The van der Waals surface area contributed by atoms with Crippen LogP contribution in [0.5, 0.6) is 0 Å². The maximum Gasteiger partial charge on any atom is 0.132 e. The van der Waals surface area contributed by atoms with Gasteiger partial charge in [0.15, 0.2) is 0 Å². The average Bonchev–Trinajstić information content (AvgIpc) is 2.79. The summed E-state index contributed by atoms with van der Waals surface area (Å²) in [5.74, 6) is -0.334. The van der Waals surface area contributed by atoms with Gasteiger partial charge in [0, 0.05) is 17.1 Å². The minimum atomic E-state index is -0.774. The van der Waals surface area contributed by atoms with Crippen LogP contribution >= 0.6 is 11.6 Å². The number of anilines is 2. The Hall–Kier alpha value is -1.78. The van der Waals surface area contributed by atoms with E-state index in [-0.39, 0.29) is 5.82 Å². The lowest BCUT2D eigenvalue weighted by atomic mass is 10.0. The van der Waals surface area contributed by atoms with Crippen molar-refractivity contribution in [1.29, 1.82) is 0 Å². The molecule has 0 saturated heterocycles. The normalized spacial score (nSPS) is 14.0. The van der Waals surface area contributed by atoms with Crippen LogP contribution in [0.15, 0.2) is 36.4 Å². The van der Waals surface area contributed by atoms with E-state index in [0.717, 1.165) is 16.9 Å². The van der Waals surface area contributed by atoms with E-state index in [9.17, 15) is 9.50 Å². The van der Waals surface area contributed by atoms with E-state index in [2.05, 4.69) is 10.2 Å². The zero-order valence-corrected chi connectivity index (χ0v) is 13.3. The average molecular weight is 321 g/mol. The second kappa shape index (κ2) is 5.45. The summed E-state index contributed by atoms with van der Waals surface area (Å²) in [5.41, 5.74) is 2.50. The van der Waals surface area contributed by atoms with E-state index in [0.29, 0.717) is 23.8 Å². The van der Waals surface area contributed by atoms with E-state index < -0.39 is 5.60 Å². The third-order valence-corrected chi connectivity index (χ3v) is 3.85. The number of fused-ring (bicyclic) bond motifs is 1. The Morgan fingerprint density at radius 2 is 2.05 bits per heavy atom. The van der Waals surface area contributed by atoms with Gasteiger partial charge < -0.3 is 15.3 Å². The molecule has 1 aliphatic heterocycles. The van der Waals surface area contributed by atoms with Crippen molar-refractivity contribution in [2.45, 2.75) is 19.4 Å². The van der Waals surface area contributed by atoms with E-state index >= 15 is 0 Å². The molecule has 22 heavy (non-hydrogen) atoms. The van der Waals surface area contributed by atoms with Crippen LogP contribution in [0.1, 0.15) is 13.8 Å². The van der Waals surface area contributed by atoms with E-state index in [1.807, 2.05) is 18.2 Å². The molecule has 2 N–H and O–H groups in total. The van der Waals surface area contributed by atoms with Gasteiger partial charge in [-0.2, -0.15) is 0 Å². The van der Waals surface area contributed by atoms with E-state index in [1.54, 1.807) is 26.0 Å². The molecule has 0 aliphatic carbocycles. The van der Waals surface area contributed by atoms with Crippen LogP contribution in [0, 0.1) is 5.82 Å². The molecule has 0 fully saturated rings. The first-order valence-corrected chi connectivity index (χ1v) is 7.52. The summed E-state index contributed by atoms with van der Waals surface area (Å²) in [5, 5.41) is 13.6. The molecule has 0 saturated carbocycles. The van der Waals surface area contributed by atoms with Crippen molar-refractivity contribution in [1.82, 2.24) is 0 Å². The lowest BCUT2D eigenvalue weighted by molar-refractivity contribution is 0.0880. The minimum absolute atomic E-state index is 0.334. The third-order valence-electron chi connectivity index (χ3n) is 3.62. The van der Waals surface area contributed by atoms with Gasteiger partial charge in [-0.3, -0.25) is 0 Å². The molecule has 0 amide bonds. The predicted molar refractivity (Wildman–Crippen MR) is 89.0 cm³/mol. The topological polar surface area (TPSA) is 35.5 Å². The van der Waals surface area contributed by atoms with Gasteiger partial charge in [0.25, 0.3) is 0 Å². The Labute approximate surface area is 134 Å². The van der Waals surface area contributed by atoms with Crippen molar-refractivity contribution in [2.75, 3.05) is 23.4 Å². The highest BCUT2D eigenvalue weighted by Gasteiger charge is 2.24. The Morgan fingerprint density at radius 1 is 1.27 bits per heavy atom. The fourth-order valence-electron chi connectivity index (χ4n) is 2.72. The number of β-amino-alcohol motifs (C(OH)–C–C–N with tert-alkyl or cyclic N) is 1. The van der Waals surface area contributed by atoms with Crippen LogP contribution in [0.4, 0.5) is 15.8 Å². The summed E-state index contributed by atoms with van der Waals surface area (Å²) < 4.78 is 14.0. The number of rotatable bonds is 3. The van der Waals surface area contributed by atoms with Gasteiger partial charge >= 0.3 is 0 Å². The highest BCUT2D eigenvalue weighted by Crippen LogP contribution is 2.36. The molecular formula is C17H18ClFN2O. The number of halogens is 2. The first kappa shape index (κ1) is 15.1. The van der Waals surface area contributed by atoms with Crippen molar-refractivity contribution in [3.8, 4) is 11.1 Å². The van der Waals surface area contributed by atoms with Crippen molar-refractivity contribution < 1.29 is 9.50 Å². The molecule has 2 aromatic rings. The molecule has 0 unspecified atom stereocenters. The molecule has 3 rings (SSSR count). The van der Waals surface area contributed by atoms with Gasteiger partial charge in [0.05, 0.1) is 23.6 Å². The van der Waals surface area contributed by atoms with E-state index in [1.165, 1.54) is 6.07 Å². The quantitative estimate of drug-likeness (QED) is 0.893. The summed E-state index contributed by atoms with van der Waals surface area (Å²) in [6.07, 6.45) is 0. The largest absolute Gasteiger partial charge is 0.389 e. The standard InChI is InChI=1S/C17H18ClFN2O/c1-17(2,22)9-21-10-20-15-7-11(3-6-16(15)21)13-5-4-12(18)8-14(13)19/h3-8,20,22H,9-10H2,1-2H3. The molecule has 5 heteroatoms. The molecule has 1 heterocycles. The predicted octanol–water partition coefficient (Wildman–Crippen LogP) is 4.11. The maximum atomic E-state index is 14.0. The molecule has 3 nitrogen and oxygen atoms in total. The smallest absolute Gasteiger partial charge is 0.132 e. The zero-order valence-electron chi connectivity index (χ0n) is 12.5. The summed E-state index contributed by atoms with van der Waals surface area (Å²) in [7, 11) is 0. The van der Waals surface area contributed by atoms with Crippen molar-refractivity contribution in [2.24, 2.45) is 0 Å². The fourth-order valence-corrected chi connectivity index (χ4v) is 2.88. The number of hydrogen-bond donors (Lipinski definition) is 2. The van der Waals surface area contributed by atoms with Gasteiger partial charge in [-0.15, -0.1) is 0 Å². The minimum Gasteiger partial charge on any atom is -0.389 e. The molecule has 2 aromatic carbocycles. The lowest BCUT2D eigenvalue weighted by Crippen LogP contribution is -2.38. The number of nitrogens with one attached hydrogen (secondary N) is 1. The van der Waals surface area contributed by atoms with Crippen LogP contribution < -0.4 is 10.2 Å². The summed E-state index contributed by atoms with van der Waals surface area (Å²) in [4.78, 5) is 2.07. The van der Waals surface area contributed by atoms with E-state index in [4.69, 9.17) is 11.6 Å². The monoisotopic (exact) mass is 320 g/mol. The fraction of sp³-hybridized carbons (Fsp3) is 0.294. The Balaban J connectivity index is 1.93. The van der Waals surface area contributed by atoms with Gasteiger partial charge in [0.1, 0.15) is 5.82 Å². The van der Waals surface area contributed by atoms with Crippen molar-refractivity contribution >= 4 is 23.0 Å². The van der Waals surface area contributed by atoms with Crippen molar-refractivity contribution in [3.63, 3.8) is 0 Å². The summed E-state index contributed by atoms with van der Waals surface area (Å²) in [6, 6.07) is 10.4. The number of nitrogens with zero attached hydrogens (tertiary/aromatic N) is 1. The number of benzene rings is 2. The van der Waals surface area contributed by atoms with Gasteiger partial charge in [-0.05, 0) is 49.7 Å². The van der Waals surface area contributed by atoms with Gasteiger partial charge in [0.2, 0.25) is 0 Å². The zero-order chi connectivity index (χ0) is 15.9. The lowest BCUT2D eigenvalue weighted by Gasteiger charge is -2.26. The second-order valence-electron chi connectivity index (χ2n) is 6.20. The summed E-state index contributed by atoms with van der Waals surface area (Å²) >= 11 is 5.80. The number of hydrogen-bond acceptors (Lipinski definition) is 3. The SMILES string of the molecule is CC(C)(O)CN1CNc2cc(-c3ccc(Cl)cc3F)ccc21. The Bertz CT molecular complexity index is 712. The van der Waals surface area contributed by atoms with Crippen LogP contribution in [-0.2, 0) is 0 Å². The molecule has 1 aliphatic rings. The molecule has 0 spiro atoms. The first-order chi connectivity index (χ1) is 10.3. The van der Waals surface area contributed by atoms with Crippen molar-refractivity contribution in [3.05, 3.63) is 47.2 Å². The summed E-state index contributed by atoms with van der Waals surface area (Å²) in [6.45, 7) is 4.72. The molecule has 0 bridgehead atoms. The Morgan fingerprint density at radius 3 is 2.73 bits per heavy atom. The Kier molecular flexibility index (Phi) is 3.75. The number of aliphatic hydroxyl groups is 1. The maximum absolute atomic E-state index is 14.0.